The van der Waals surface area contributed by atoms with Gasteiger partial charge >= 0.3 is 0 Å². The van der Waals surface area contributed by atoms with Crippen LogP contribution in [0.2, 0.25) is 0 Å². The summed E-state index contributed by atoms with van der Waals surface area (Å²) >= 11 is 0. The Balaban J connectivity index is 1.82. The van der Waals surface area contributed by atoms with E-state index in [-0.39, 0.29) is 5.91 Å². The number of aromatic nitrogens is 2. The fraction of sp³-hybridized carbons (Fsp3) is 0.400. The molecule has 5 nitrogen and oxygen atoms in total. The van der Waals surface area contributed by atoms with Gasteiger partial charge in [-0.25, -0.2) is 4.98 Å². The maximum absolute atomic E-state index is 12.3. The number of hydrogen-bond donors (Lipinski definition) is 1. The Bertz CT molecular complexity index is 634. The lowest BCUT2D eigenvalue weighted by Crippen LogP contribution is -2.15. The number of carbonyl (C=O) groups is 1. The molecule has 0 aliphatic heterocycles. The molecule has 1 aliphatic rings. The minimum Gasteiger partial charge on any atom is -0.360 e. The van der Waals surface area contributed by atoms with Gasteiger partial charge in [0.25, 0.3) is 5.91 Å². The molecule has 1 amide bonds. The summed E-state index contributed by atoms with van der Waals surface area (Å²) in [6.07, 6.45) is 6.76. The molecule has 1 N–H and O–H groups in total. The van der Waals surface area contributed by atoms with Crippen molar-refractivity contribution in [2.75, 3.05) is 5.32 Å². The van der Waals surface area contributed by atoms with Crippen molar-refractivity contribution in [2.45, 2.75) is 39.0 Å². The van der Waals surface area contributed by atoms with Gasteiger partial charge in [0.05, 0.1) is 0 Å². The van der Waals surface area contributed by atoms with Gasteiger partial charge < -0.3 is 9.84 Å². The lowest BCUT2D eigenvalue weighted by molar-refractivity contribution is 0.101. The van der Waals surface area contributed by atoms with E-state index in [9.17, 15) is 4.79 Å². The maximum atomic E-state index is 12.3. The fourth-order valence-corrected chi connectivity index (χ4v) is 2.52. The lowest BCUT2D eigenvalue weighted by atomic mass is 10.1. The smallest absolute Gasteiger partial charge is 0.279 e. The summed E-state index contributed by atoms with van der Waals surface area (Å²) in [7, 11) is 0. The molecular formula is C15H17N3O2. The van der Waals surface area contributed by atoms with E-state index in [4.69, 9.17) is 4.52 Å². The molecule has 2 aromatic rings. The minimum absolute atomic E-state index is 0.241. The van der Waals surface area contributed by atoms with Crippen molar-refractivity contribution >= 4 is 11.7 Å². The molecule has 0 bridgehead atoms. The first-order valence-electron chi connectivity index (χ1n) is 6.95. The molecule has 0 saturated heterocycles. The van der Waals surface area contributed by atoms with Crippen molar-refractivity contribution in [3.8, 4) is 0 Å². The Kier molecular flexibility index (Phi) is 3.50. The lowest BCUT2D eigenvalue weighted by Gasteiger charge is -2.04. The molecule has 5 heteroatoms. The van der Waals surface area contributed by atoms with Crippen LogP contribution in [0.1, 0.15) is 46.6 Å². The van der Waals surface area contributed by atoms with Crippen molar-refractivity contribution in [3.05, 3.63) is 40.9 Å². The Hall–Kier alpha value is -2.17. The van der Waals surface area contributed by atoms with Gasteiger partial charge in [0, 0.05) is 18.2 Å². The number of carbonyl (C=O) groups excluding carboxylic acids is 1. The summed E-state index contributed by atoms with van der Waals surface area (Å²) in [5, 5.41) is 6.73. The van der Waals surface area contributed by atoms with Crippen molar-refractivity contribution in [1.82, 2.24) is 10.1 Å². The average molecular weight is 271 g/mol. The van der Waals surface area contributed by atoms with E-state index in [1.54, 1.807) is 6.20 Å². The molecule has 0 atom stereocenters. The molecule has 104 valence electrons. The molecule has 0 saturated carbocycles. The Labute approximate surface area is 117 Å². The maximum Gasteiger partial charge on any atom is 0.279 e. The van der Waals surface area contributed by atoms with Crippen LogP contribution < -0.4 is 5.32 Å². The molecule has 0 spiro atoms. The molecule has 0 aromatic carbocycles. The van der Waals surface area contributed by atoms with E-state index in [0.29, 0.717) is 11.5 Å². The van der Waals surface area contributed by atoms with Crippen LogP contribution >= 0.6 is 0 Å². The van der Waals surface area contributed by atoms with E-state index in [2.05, 4.69) is 15.5 Å². The highest BCUT2D eigenvalue weighted by Crippen LogP contribution is 2.24. The van der Waals surface area contributed by atoms with Crippen LogP contribution in [0.15, 0.2) is 22.9 Å². The van der Waals surface area contributed by atoms with Crippen LogP contribution in [-0.4, -0.2) is 16.0 Å². The second-order valence-electron chi connectivity index (χ2n) is 5.17. The van der Waals surface area contributed by atoms with Gasteiger partial charge in [-0.1, -0.05) is 11.6 Å². The predicted molar refractivity (Wildman–Crippen MR) is 74.7 cm³/mol. The van der Waals surface area contributed by atoms with Gasteiger partial charge in [0.15, 0.2) is 5.69 Å². The van der Waals surface area contributed by atoms with Gasteiger partial charge in [0.2, 0.25) is 0 Å². The van der Waals surface area contributed by atoms with Gasteiger partial charge in [-0.3, -0.25) is 4.79 Å². The predicted octanol–water partition coefficient (Wildman–Crippen LogP) is 2.90. The summed E-state index contributed by atoms with van der Waals surface area (Å²) < 4.78 is 5.32. The molecule has 1 aliphatic carbocycles. The van der Waals surface area contributed by atoms with Crippen LogP contribution in [0.25, 0.3) is 0 Å². The van der Waals surface area contributed by atoms with Crippen LogP contribution in [-0.2, 0) is 12.8 Å². The molecule has 2 aromatic heterocycles. The van der Waals surface area contributed by atoms with E-state index < -0.39 is 0 Å². The summed E-state index contributed by atoms with van der Waals surface area (Å²) in [5.41, 5.74) is 2.42. The highest BCUT2D eigenvalue weighted by atomic mass is 16.5. The monoisotopic (exact) mass is 271 g/mol. The molecule has 0 fully saturated rings. The zero-order valence-corrected chi connectivity index (χ0v) is 11.5. The zero-order chi connectivity index (χ0) is 13.9. The number of hydrogen-bond acceptors (Lipinski definition) is 4. The highest BCUT2D eigenvalue weighted by molar-refractivity contribution is 6.03. The van der Waals surface area contributed by atoms with Crippen LogP contribution in [0, 0.1) is 6.92 Å². The standard InChI is InChI=1S/C15H17N3O2/c1-10-7-8-16-13(9-10)17-15(19)14-11-5-3-2-4-6-12(11)20-18-14/h7-9H,2-6H2,1H3,(H,16,17,19). The Morgan fingerprint density at radius 1 is 1.30 bits per heavy atom. The van der Waals surface area contributed by atoms with E-state index in [1.165, 1.54) is 6.42 Å². The van der Waals surface area contributed by atoms with Crippen molar-refractivity contribution in [2.24, 2.45) is 0 Å². The normalized spacial score (nSPS) is 14.4. The van der Waals surface area contributed by atoms with Gasteiger partial charge in [-0.15, -0.1) is 0 Å². The number of nitrogens with zero attached hydrogens (tertiary/aromatic N) is 2. The van der Waals surface area contributed by atoms with Crippen molar-refractivity contribution in [3.63, 3.8) is 0 Å². The van der Waals surface area contributed by atoms with Crippen LogP contribution in [0.3, 0.4) is 0 Å². The van der Waals surface area contributed by atoms with Crippen molar-refractivity contribution < 1.29 is 9.32 Å². The molecule has 0 radical (unpaired) electrons. The summed E-state index contributed by atoms with van der Waals surface area (Å²) in [5.74, 6) is 1.17. The summed E-state index contributed by atoms with van der Waals surface area (Å²) in [6, 6.07) is 3.72. The summed E-state index contributed by atoms with van der Waals surface area (Å²) in [4.78, 5) is 16.4. The molecule has 2 heterocycles. The molecule has 20 heavy (non-hydrogen) atoms. The molecule has 0 unspecified atom stereocenters. The first-order valence-corrected chi connectivity index (χ1v) is 6.95. The number of aryl methyl sites for hydroxylation is 2. The van der Waals surface area contributed by atoms with E-state index >= 15 is 0 Å². The summed E-state index contributed by atoms with van der Waals surface area (Å²) in [6.45, 7) is 1.96. The van der Waals surface area contributed by atoms with E-state index in [1.807, 2.05) is 19.1 Å². The van der Waals surface area contributed by atoms with Gasteiger partial charge in [0.1, 0.15) is 11.6 Å². The second-order valence-corrected chi connectivity index (χ2v) is 5.17. The number of fused-ring (bicyclic) bond motifs is 1. The Morgan fingerprint density at radius 3 is 3.00 bits per heavy atom. The van der Waals surface area contributed by atoms with Gasteiger partial charge in [-0.2, -0.15) is 0 Å². The van der Waals surface area contributed by atoms with Crippen LogP contribution in [0.5, 0.6) is 0 Å². The average Bonchev–Trinajstić information content (AvgIpc) is 2.68. The molecular weight excluding hydrogens is 254 g/mol. The largest absolute Gasteiger partial charge is 0.360 e. The SMILES string of the molecule is Cc1ccnc(NC(=O)c2noc3c2CCCCC3)c1. The fourth-order valence-electron chi connectivity index (χ4n) is 2.52. The first-order chi connectivity index (χ1) is 9.74. The number of nitrogens with one attached hydrogen (secondary N) is 1. The number of rotatable bonds is 2. The molecule has 3 rings (SSSR count). The third kappa shape index (κ3) is 2.57. The number of anilines is 1. The highest BCUT2D eigenvalue weighted by Gasteiger charge is 2.23. The van der Waals surface area contributed by atoms with Crippen molar-refractivity contribution in [1.29, 1.82) is 0 Å². The van der Waals surface area contributed by atoms with E-state index in [0.717, 1.165) is 42.6 Å². The zero-order valence-electron chi connectivity index (χ0n) is 11.5. The van der Waals surface area contributed by atoms with Crippen LogP contribution in [0.4, 0.5) is 5.82 Å². The third-order valence-corrected chi connectivity index (χ3v) is 3.57. The first kappa shape index (κ1) is 12.8. The quantitative estimate of drug-likeness (QED) is 0.853. The topological polar surface area (TPSA) is 68.0 Å². The third-order valence-electron chi connectivity index (χ3n) is 3.57. The number of amides is 1. The second kappa shape index (κ2) is 5.45. The Morgan fingerprint density at radius 2 is 2.15 bits per heavy atom. The number of pyridine rings is 1. The minimum atomic E-state index is -0.241. The van der Waals surface area contributed by atoms with Gasteiger partial charge in [-0.05, 0) is 43.9 Å².